The molecule has 1 heterocycles. The third-order valence-electron chi connectivity index (χ3n) is 5.47. The fourth-order valence-electron chi connectivity index (χ4n) is 3.45. The van der Waals surface area contributed by atoms with Crippen LogP contribution in [0.4, 0.5) is 5.69 Å². The van der Waals surface area contributed by atoms with E-state index in [9.17, 15) is 9.59 Å². The molecule has 0 saturated carbocycles. The molecule has 4 nitrogen and oxygen atoms in total. The van der Waals surface area contributed by atoms with Gasteiger partial charge < -0.3 is 10.2 Å². The summed E-state index contributed by atoms with van der Waals surface area (Å²) in [4.78, 5) is 27.0. The van der Waals surface area contributed by atoms with E-state index in [1.54, 1.807) is 0 Å². The normalized spacial score (nSPS) is 14.9. The van der Waals surface area contributed by atoms with Crippen LogP contribution < -0.4 is 5.32 Å². The highest BCUT2D eigenvalue weighted by molar-refractivity contribution is 5.93. The molecule has 0 aliphatic carbocycles. The van der Waals surface area contributed by atoms with Crippen LogP contribution in [0.3, 0.4) is 0 Å². The lowest BCUT2D eigenvalue weighted by Crippen LogP contribution is -2.42. The molecule has 142 valence electrons. The van der Waals surface area contributed by atoms with Gasteiger partial charge in [0.25, 0.3) is 0 Å². The van der Waals surface area contributed by atoms with Gasteiger partial charge >= 0.3 is 0 Å². The summed E-state index contributed by atoms with van der Waals surface area (Å²) in [5.74, 6) is 0.172. The SMILES string of the molecule is Cc1ccc(CC(=O)N2CCC(C(=O)Nc3ccc(C)c(C)c3)CC2)cc1. The molecular formula is C23H28N2O2. The molecule has 0 bridgehead atoms. The number of hydrogen-bond acceptors (Lipinski definition) is 2. The van der Waals surface area contributed by atoms with Crippen molar-refractivity contribution >= 4 is 17.5 Å². The summed E-state index contributed by atoms with van der Waals surface area (Å²) in [6, 6.07) is 14.1. The fourth-order valence-corrected chi connectivity index (χ4v) is 3.45. The van der Waals surface area contributed by atoms with Gasteiger partial charge in [0.1, 0.15) is 0 Å². The van der Waals surface area contributed by atoms with Crippen LogP contribution in [0.1, 0.15) is 35.1 Å². The van der Waals surface area contributed by atoms with E-state index in [2.05, 4.69) is 12.2 Å². The van der Waals surface area contributed by atoms with Crippen molar-refractivity contribution in [2.24, 2.45) is 5.92 Å². The van der Waals surface area contributed by atoms with Crippen molar-refractivity contribution in [1.82, 2.24) is 4.90 Å². The third-order valence-corrected chi connectivity index (χ3v) is 5.47. The minimum absolute atomic E-state index is 0.0324. The van der Waals surface area contributed by atoms with Crippen molar-refractivity contribution in [3.63, 3.8) is 0 Å². The molecule has 1 aliphatic rings. The number of likely N-dealkylation sites (tertiary alicyclic amines) is 1. The molecule has 3 rings (SSSR count). The van der Waals surface area contributed by atoms with E-state index in [0.717, 1.165) is 24.1 Å². The average molecular weight is 364 g/mol. The minimum Gasteiger partial charge on any atom is -0.342 e. The molecule has 4 heteroatoms. The second-order valence-corrected chi connectivity index (χ2v) is 7.61. The third kappa shape index (κ3) is 4.97. The first kappa shape index (κ1) is 19.2. The molecule has 1 aliphatic heterocycles. The molecule has 2 aromatic carbocycles. The number of carbonyl (C=O) groups excluding carboxylic acids is 2. The molecule has 0 aromatic heterocycles. The van der Waals surface area contributed by atoms with Crippen LogP contribution in [0, 0.1) is 26.7 Å². The van der Waals surface area contributed by atoms with E-state index in [1.165, 1.54) is 16.7 Å². The molecule has 1 saturated heterocycles. The van der Waals surface area contributed by atoms with E-state index >= 15 is 0 Å². The number of nitrogens with one attached hydrogen (secondary N) is 1. The van der Waals surface area contributed by atoms with Crippen LogP contribution in [0.15, 0.2) is 42.5 Å². The van der Waals surface area contributed by atoms with Crippen molar-refractivity contribution in [2.75, 3.05) is 18.4 Å². The molecular weight excluding hydrogens is 336 g/mol. The highest BCUT2D eigenvalue weighted by atomic mass is 16.2. The predicted molar refractivity (Wildman–Crippen MR) is 109 cm³/mol. The average Bonchev–Trinajstić information content (AvgIpc) is 2.66. The quantitative estimate of drug-likeness (QED) is 0.890. The molecule has 2 aromatic rings. The number of nitrogens with zero attached hydrogens (tertiary/aromatic N) is 1. The second-order valence-electron chi connectivity index (χ2n) is 7.61. The van der Waals surface area contributed by atoms with Gasteiger partial charge in [0.2, 0.25) is 11.8 Å². The Kier molecular flexibility index (Phi) is 5.94. The smallest absolute Gasteiger partial charge is 0.227 e. The van der Waals surface area contributed by atoms with Gasteiger partial charge in [-0.1, -0.05) is 35.9 Å². The molecule has 27 heavy (non-hydrogen) atoms. The highest BCUT2D eigenvalue weighted by Crippen LogP contribution is 2.21. The van der Waals surface area contributed by atoms with Crippen molar-refractivity contribution in [3.05, 3.63) is 64.7 Å². The zero-order valence-electron chi connectivity index (χ0n) is 16.4. The number of anilines is 1. The highest BCUT2D eigenvalue weighted by Gasteiger charge is 2.27. The number of benzene rings is 2. The Bertz CT molecular complexity index is 819. The second kappa shape index (κ2) is 8.38. The molecule has 2 amide bonds. The monoisotopic (exact) mass is 364 g/mol. The Balaban J connectivity index is 1.50. The van der Waals surface area contributed by atoms with Gasteiger partial charge in [0.15, 0.2) is 0 Å². The van der Waals surface area contributed by atoms with E-state index < -0.39 is 0 Å². The Labute approximate surface area is 161 Å². The Morgan fingerprint density at radius 3 is 2.26 bits per heavy atom. The topological polar surface area (TPSA) is 49.4 Å². The zero-order valence-corrected chi connectivity index (χ0v) is 16.4. The zero-order chi connectivity index (χ0) is 19.4. The van der Waals surface area contributed by atoms with Gasteiger partial charge in [-0.3, -0.25) is 9.59 Å². The molecule has 0 unspecified atom stereocenters. The lowest BCUT2D eigenvalue weighted by atomic mass is 9.95. The first-order valence-electron chi connectivity index (χ1n) is 9.64. The van der Waals surface area contributed by atoms with Crippen LogP contribution in [0.2, 0.25) is 0 Å². The van der Waals surface area contributed by atoms with Gasteiger partial charge in [-0.15, -0.1) is 0 Å². The maximum absolute atomic E-state index is 12.5. The van der Waals surface area contributed by atoms with E-state index in [1.807, 2.05) is 61.2 Å². The Morgan fingerprint density at radius 2 is 1.63 bits per heavy atom. The van der Waals surface area contributed by atoms with Gasteiger partial charge in [-0.25, -0.2) is 0 Å². The van der Waals surface area contributed by atoms with Gasteiger partial charge in [0, 0.05) is 24.7 Å². The summed E-state index contributed by atoms with van der Waals surface area (Å²) in [5, 5.41) is 3.03. The van der Waals surface area contributed by atoms with Crippen molar-refractivity contribution < 1.29 is 9.59 Å². The molecule has 1 N–H and O–H groups in total. The van der Waals surface area contributed by atoms with E-state index in [0.29, 0.717) is 19.5 Å². The van der Waals surface area contributed by atoms with Crippen LogP contribution in [0.5, 0.6) is 0 Å². The number of amides is 2. The number of hydrogen-bond donors (Lipinski definition) is 1. The predicted octanol–water partition coefficient (Wildman–Crippen LogP) is 4.03. The molecule has 1 fully saturated rings. The molecule has 0 spiro atoms. The number of aryl methyl sites for hydroxylation is 3. The summed E-state index contributed by atoms with van der Waals surface area (Å²) in [7, 11) is 0. The van der Waals surface area contributed by atoms with Gasteiger partial charge in [-0.05, 0) is 62.4 Å². The van der Waals surface area contributed by atoms with Crippen molar-refractivity contribution in [1.29, 1.82) is 0 Å². The number of piperidine rings is 1. The van der Waals surface area contributed by atoms with E-state index in [4.69, 9.17) is 0 Å². The maximum atomic E-state index is 12.5. The minimum atomic E-state index is -0.0324. The summed E-state index contributed by atoms with van der Waals surface area (Å²) in [5.41, 5.74) is 5.47. The van der Waals surface area contributed by atoms with Gasteiger partial charge in [0.05, 0.1) is 6.42 Å². The largest absolute Gasteiger partial charge is 0.342 e. The first-order chi connectivity index (χ1) is 12.9. The van der Waals surface area contributed by atoms with E-state index in [-0.39, 0.29) is 17.7 Å². The summed E-state index contributed by atoms with van der Waals surface area (Å²) in [6.07, 6.45) is 1.87. The summed E-state index contributed by atoms with van der Waals surface area (Å²) >= 11 is 0. The molecule has 0 radical (unpaired) electrons. The fraction of sp³-hybridized carbons (Fsp3) is 0.391. The molecule has 0 atom stereocenters. The number of rotatable bonds is 4. The van der Waals surface area contributed by atoms with Crippen LogP contribution in [-0.2, 0) is 16.0 Å². The van der Waals surface area contributed by atoms with Crippen LogP contribution in [-0.4, -0.2) is 29.8 Å². The Morgan fingerprint density at radius 1 is 0.963 bits per heavy atom. The standard InChI is InChI=1S/C23H28N2O2/c1-16-4-7-19(8-5-16)15-22(26)25-12-10-20(11-13-25)23(27)24-21-9-6-17(2)18(3)14-21/h4-9,14,20H,10-13,15H2,1-3H3,(H,24,27). The number of carbonyl (C=O) groups is 2. The van der Waals surface area contributed by atoms with Crippen LogP contribution in [0.25, 0.3) is 0 Å². The summed E-state index contributed by atoms with van der Waals surface area (Å²) < 4.78 is 0. The lowest BCUT2D eigenvalue weighted by molar-refractivity contribution is -0.133. The first-order valence-corrected chi connectivity index (χ1v) is 9.64. The maximum Gasteiger partial charge on any atom is 0.227 e. The summed E-state index contributed by atoms with van der Waals surface area (Å²) in [6.45, 7) is 7.44. The lowest BCUT2D eigenvalue weighted by Gasteiger charge is -2.31. The van der Waals surface area contributed by atoms with Gasteiger partial charge in [-0.2, -0.15) is 0 Å². The van der Waals surface area contributed by atoms with Crippen LogP contribution >= 0.6 is 0 Å². The van der Waals surface area contributed by atoms with Crippen molar-refractivity contribution in [2.45, 2.75) is 40.0 Å². The Hall–Kier alpha value is -2.62. The van der Waals surface area contributed by atoms with Crippen molar-refractivity contribution in [3.8, 4) is 0 Å².